The second-order valence-electron chi connectivity index (χ2n) is 5.25. The average Bonchev–Trinajstić information content (AvgIpc) is 2.96. The molecule has 1 fully saturated rings. The van der Waals surface area contributed by atoms with Crippen molar-refractivity contribution >= 4 is 23.3 Å². The van der Waals surface area contributed by atoms with Crippen LogP contribution in [0.2, 0.25) is 5.02 Å². The van der Waals surface area contributed by atoms with Gasteiger partial charge in [-0.15, -0.1) is 0 Å². The molecule has 0 bridgehead atoms. The summed E-state index contributed by atoms with van der Waals surface area (Å²) in [6.07, 6.45) is 4.40. The molecule has 21 heavy (non-hydrogen) atoms. The third-order valence-corrected chi connectivity index (χ3v) is 3.89. The molecule has 0 radical (unpaired) electrons. The third kappa shape index (κ3) is 4.86. The molecule has 1 aromatic rings. The van der Waals surface area contributed by atoms with E-state index in [0.717, 1.165) is 32.3 Å². The van der Waals surface area contributed by atoms with Gasteiger partial charge in [0.25, 0.3) is 0 Å². The van der Waals surface area contributed by atoms with Gasteiger partial charge < -0.3 is 15.0 Å². The lowest BCUT2D eigenvalue weighted by Gasteiger charge is -2.19. The SMILES string of the molecule is CN(CCCC1CCCO1)C(=O)Nc1cc(F)ccc1Cl. The first-order valence-corrected chi connectivity index (χ1v) is 7.53. The van der Waals surface area contributed by atoms with Crippen LogP contribution in [0.4, 0.5) is 14.9 Å². The number of halogens is 2. The Morgan fingerprint density at radius 3 is 3.10 bits per heavy atom. The van der Waals surface area contributed by atoms with Gasteiger partial charge in [0, 0.05) is 20.2 Å². The smallest absolute Gasteiger partial charge is 0.321 e. The molecular formula is C15H20ClFN2O2. The quantitative estimate of drug-likeness (QED) is 0.895. The fraction of sp³-hybridized carbons (Fsp3) is 0.533. The van der Waals surface area contributed by atoms with Crippen molar-refractivity contribution in [2.24, 2.45) is 0 Å². The predicted octanol–water partition coefficient (Wildman–Crippen LogP) is 3.90. The summed E-state index contributed by atoms with van der Waals surface area (Å²) in [7, 11) is 1.71. The molecule has 0 saturated carbocycles. The van der Waals surface area contributed by atoms with E-state index in [9.17, 15) is 9.18 Å². The van der Waals surface area contributed by atoms with Crippen molar-refractivity contribution < 1.29 is 13.9 Å². The number of hydrogen-bond acceptors (Lipinski definition) is 2. The molecule has 1 saturated heterocycles. The summed E-state index contributed by atoms with van der Waals surface area (Å²) < 4.78 is 18.7. The van der Waals surface area contributed by atoms with Gasteiger partial charge in [0.1, 0.15) is 5.82 Å². The largest absolute Gasteiger partial charge is 0.378 e. The number of anilines is 1. The lowest BCUT2D eigenvalue weighted by Crippen LogP contribution is -2.32. The number of carbonyl (C=O) groups is 1. The first-order valence-electron chi connectivity index (χ1n) is 7.15. The Hall–Kier alpha value is -1.33. The standard InChI is InChI=1S/C15H20ClFN2O2/c1-19(8-2-4-12-5-3-9-21-12)15(20)18-14-10-11(17)6-7-13(14)16/h6-7,10,12H,2-5,8-9H2,1H3,(H,18,20). The van der Waals surface area contributed by atoms with Gasteiger partial charge in [0.05, 0.1) is 16.8 Å². The van der Waals surface area contributed by atoms with Crippen molar-refractivity contribution in [3.63, 3.8) is 0 Å². The lowest BCUT2D eigenvalue weighted by molar-refractivity contribution is 0.101. The predicted molar refractivity (Wildman–Crippen MR) is 81.3 cm³/mol. The molecule has 0 aromatic heterocycles. The van der Waals surface area contributed by atoms with Gasteiger partial charge in [0.15, 0.2) is 0 Å². The van der Waals surface area contributed by atoms with Crippen molar-refractivity contribution in [1.82, 2.24) is 4.90 Å². The zero-order valence-corrected chi connectivity index (χ0v) is 12.8. The molecule has 1 heterocycles. The molecule has 1 atom stereocenters. The van der Waals surface area contributed by atoms with E-state index in [0.29, 0.717) is 17.7 Å². The fourth-order valence-corrected chi connectivity index (χ4v) is 2.50. The number of amides is 2. The second-order valence-corrected chi connectivity index (χ2v) is 5.66. The second kappa shape index (κ2) is 7.61. The van der Waals surface area contributed by atoms with Crippen LogP contribution in [0.1, 0.15) is 25.7 Å². The fourth-order valence-electron chi connectivity index (χ4n) is 2.33. The van der Waals surface area contributed by atoms with Gasteiger partial charge in [-0.1, -0.05) is 11.6 Å². The minimum Gasteiger partial charge on any atom is -0.378 e. The molecule has 1 aliphatic heterocycles. The molecule has 1 aliphatic rings. The molecular weight excluding hydrogens is 295 g/mol. The summed E-state index contributed by atoms with van der Waals surface area (Å²) in [5.74, 6) is -0.435. The van der Waals surface area contributed by atoms with Crippen molar-refractivity contribution in [3.8, 4) is 0 Å². The highest BCUT2D eigenvalue weighted by molar-refractivity contribution is 6.33. The van der Waals surface area contributed by atoms with Gasteiger partial charge in [-0.25, -0.2) is 9.18 Å². The van der Waals surface area contributed by atoms with Crippen LogP contribution >= 0.6 is 11.6 Å². The lowest BCUT2D eigenvalue weighted by atomic mass is 10.1. The number of rotatable bonds is 5. The third-order valence-electron chi connectivity index (χ3n) is 3.56. The molecule has 116 valence electrons. The van der Waals surface area contributed by atoms with E-state index in [1.807, 2.05) is 0 Å². The summed E-state index contributed by atoms with van der Waals surface area (Å²) in [6, 6.07) is 3.59. The molecule has 0 aliphatic carbocycles. The van der Waals surface area contributed by atoms with Crippen molar-refractivity contribution in [2.75, 3.05) is 25.5 Å². The van der Waals surface area contributed by atoms with Crippen LogP contribution in [0.15, 0.2) is 18.2 Å². The maximum absolute atomic E-state index is 13.1. The number of benzene rings is 1. The number of nitrogens with zero attached hydrogens (tertiary/aromatic N) is 1. The van der Waals surface area contributed by atoms with Gasteiger partial charge >= 0.3 is 6.03 Å². The van der Waals surface area contributed by atoms with Crippen LogP contribution in [0.3, 0.4) is 0 Å². The minimum atomic E-state index is -0.435. The Morgan fingerprint density at radius 2 is 2.38 bits per heavy atom. The van der Waals surface area contributed by atoms with E-state index in [1.54, 1.807) is 11.9 Å². The highest BCUT2D eigenvalue weighted by Crippen LogP contribution is 2.22. The van der Waals surface area contributed by atoms with Crippen LogP contribution in [0, 0.1) is 5.82 Å². The first-order chi connectivity index (χ1) is 10.1. The number of urea groups is 1. The van der Waals surface area contributed by atoms with E-state index < -0.39 is 5.82 Å². The maximum Gasteiger partial charge on any atom is 0.321 e. The monoisotopic (exact) mass is 314 g/mol. The highest BCUT2D eigenvalue weighted by Gasteiger charge is 2.16. The van der Waals surface area contributed by atoms with Crippen molar-refractivity contribution in [2.45, 2.75) is 31.8 Å². The summed E-state index contributed by atoms with van der Waals surface area (Å²) >= 11 is 5.92. The van der Waals surface area contributed by atoms with Crippen molar-refractivity contribution in [3.05, 3.63) is 29.0 Å². The van der Waals surface area contributed by atoms with Crippen molar-refractivity contribution in [1.29, 1.82) is 0 Å². The molecule has 1 N–H and O–H groups in total. The summed E-state index contributed by atoms with van der Waals surface area (Å²) in [6.45, 7) is 1.47. The Bertz CT molecular complexity index is 493. The normalized spacial score (nSPS) is 17.8. The maximum atomic E-state index is 13.1. The minimum absolute atomic E-state index is 0.285. The van der Waals surface area contributed by atoms with E-state index in [2.05, 4.69) is 5.32 Å². The molecule has 1 unspecified atom stereocenters. The zero-order chi connectivity index (χ0) is 15.2. The van der Waals surface area contributed by atoms with E-state index in [1.165, 1.54) is 18.2 Å². The topological polar surface area (TPSA) is 41.6 Å². The van der Waals surface area contributed by atoms with E-state index in [4.69, 9.17) is 16.3 Å². The number of ether oxygens (including phenoxy) is 1. The van der Waals surface area contributed by atoms with Crippen LogP contribution in [0.25, 0.3) is 0 Å². The average molecular weight is 315 g/mol. The molecule has 4 nitrogen and oxygen atoms in total. The van der Waals surface area contributed by atoms with Gasteiger partial charge in [-0.3, -0.25) is 0 Å². The molecule has 0 spiro atoms. The number of carbonyl (C=O) groups excluding carboxylic acids is 1. The van der Waals surface area contributed by atoms with Crippen LogP contribution in [0.5, 0.6) is 0 Å². The molecule has 1 aromatic carbocycles. The van der Waals surface area contributed by atoms with E-state index >= 15 is 0 Å². The van der Waals surface area contributed by atoms with Crippen LogP contribution in [-0.4, -0.2) is 37.2 Å². The molecule has 2 amide bonds. The number of nitrogens with one attached hydrogen (secondary N) is 1. The Kier molecular flexibility index (Phi) is 5.82. The van der Waals surface area contributed by atoms with Gasteiger partial charge in [0.2, 0.25) is 0 Å². The molecule has 6 heteroatoms. The van der Waals surface area contributed by atoms with Crippen LogP contribution < -0.4 is 5.32 Å². The first kappa shape index (κ1) is 16.0. The number of hydrogen-bond donors (Lipinski definition) is 1. The molecule has 2 rings (SSSR count). The summed E-state index contributed by atoms with van der Waals surface area (Å²) in [5.41, 5.74) is 0.285. The summed E-state index contributed by atoms with van der Waals surface area (Å²) in [4.78, 5) is 13.6. The highest BCUT2D eigenvalue weighted by atomic mass is 35.5. The Morgan fingerprint density at radius 1 is 1.57 bits per heavy atom. The van der Waals surface area contributed by atoms with Crippen LogP contribution in [-0.2, 0) is 4.74 Å². The Labute approximate surface area is 129 Å². The summed E-state index contributed by atoms with van der Waals surface area (Å²) in [5, 5.41) is 2.93. The van der Waals surface area contributed by atoms with Gasteiger partial charge in [-0.2, -0.15) is 0 Å². The Balaban J connectivity index is 1.77. The zero-order valence-electron chi connectivity index (χ0n) is 12.1. The van der Waals surface area contributed by atoms with E-state index in [-0.39, 0.29) is 11.7 Å². The van der Waals surface area contributed by atoms with Gasteiger partial charge in [-0.05, 0) is 43.9 Å².